The van der Waals surface area contributed by atoms with E-state index < -0.39 is 41.2 Å². The van der Waals surface area contributed by atoms with Gasteiger partial charge in [-0.15, -0.1) is 0 Å². The number of carbonyl (C=O) groups excluding carboxylic acids is 1. The molecular weight excluding hydrogens is 548 g/mol. The highest BCUT2D eigenvalue weighted by atomic mass is 16.7. The van der Waals surface area contributed by atoms with Crippen LogP contribution in [0, 0.1) is 38.9 Å². The third-order valence-corrected chi connectivity index (χ3v) is 14.9. The number of aliphatic hydroxyl groups excluding tert-OH is 3. The first-order chi connectivity index (χ1) is 19.9. The number of esters is 1. The van der Waals surface area contributed by atoms with Crippen molar-refractivity contribution >= 4 is 5.97 Å². The summed E-state index contributed by atoms with van der Waals surface area (Å²) in [5.41, 5.74) is -1.20. The van der Waals surface area contributed by atoms with Crippen LogP contribution in [0.1, 0.15) is 99.8 Å². The second-order valence-electron chi connectivity index (χ2n) is 17.0. The Bertz CT molecular complexity index is 1290. The third kappa shape index (κ3) is 3.52. The molecule has 4 N–H and O–H groups in total. The molecule has 0 radical (unpaired) electrons. The summed E-state index contributed by atoms with van der Waals surface area (Å²) in [6, 6.07) is 0. The fourth-order valence-corrected chi connectivity index (χ4v) is 11.8. The normalized spacial score (nSPS) is 56.9. The lowest BCUT2D eigenvalue weighted by Gasteiger charge is -2.71. The number of carbonyl (C=O) groups is 1. The maximum atomic E-state index is 13.5. The molecule has 3 saturated carbocycles. The highest BCUT2D eigenvalue weighted by Gasteiger charge is 2.73. The van der Waals surface area contributed by atoms with Crippen molar-refractivity contribution in [2.45, 2.75) is 142 Å². The number of hydrogen-bond acceptors (Lipinski definition) is 8. The molecule has 5 aliphatic carbocycles. The van der Waals surface area contributed by atoms with Crippen LogP contribution >= 0.6 is 0 Å². The SMILES string of the molecule is CC1(C)[C@@H](O[C@H]2OC[C@H](O)[C@H](O)[C@H]2O)CC[C@]2(C)[C@H]3C=CC4=C5[C@]6(CC[C@](C)(OC6=O)[C@@]5(C)O)CC[C@@]4(C)[C@]3(C)CC[C@@H]12. The Hall–Kier alpha value is -1.29. The van der Waals surface area contributed by atoms with Crippen molar-refractivity contribution in [2.75, 3.05) is 6.61 Å². The molecule has 13 atom stereocenters. The number of fused-ring (bicyclic) bond motifs is 7. The van der Waals surface area contributed by atoms with Crippen molar-refractivity contribution in [3.63, 3.8) is 0 Å². The molecule has 3 heterocycles. The van der Waals surface area contributed by atoms with E-state index in [1.54, 1.807) is 0 Å². The van der Waals surface area contributed by atoms with Gasteiger partial charge in [0.15, 0.2) is 6.29 Å². The molecule has 3 aliphatic heterocycles. The van der Waals surface area contributed by atoms with E-state index in [2.05, 4.69) is 46.8 Å². The van der Waals surface area contributed by atoms with Crippen LogP contribution in [0.15, 0.2) is 23.3 Å². The van der Waals surface area contributed by atoms with E-state index >= 15 is 0 Å². The van der Waals surface area contributed by atoms with E-state index in [0.717, 1.165) is 50.5 Å². The average Bonchev–Trinajstić information content (AvgIpc) is 2.92. The van der Waals surface area contributed by atoms with Crippen LogP contribution in [0.5, 0.6) is 0 Å². The second kappa shape index (κ2) is 8.95. The van der Waals surface area contributed by atoms with Crippen LogP contribution in [0.4, 0.5) is 0 Å². The van der Waals surface area contributed by atoms with Gasteiger partial charge in [0.25, 0.3) is 0 Å². The topological polar surface area (TPSA) is 126 Å². The zero-order valence-corrected chi connectivity index (χ0v) is 27.0. The predicted octanol–water partition coefficient (Wildman–Crippen LogP) is 4.18. The minimum absolute atomic E-state index is 0.00193. The summed E-state index contributed by atoms with van der Waals surface area (Å²) >= 11 is 0. The Morgan fingerprint density at radius 1 is 0.884 bits per heavy atom. The van der Waals surface area contributed by atoms with E-state index in [-0.39, 0.29) is 40.3 Å². The molecule has 8 rings (SSSR count). The zero-order chi connectivity index (χ0) is 31.2. The summed E-state index contributed by atoms with van der Waals surface area (Å²) in [5.74, 6) is 0.514. The van der Waals surface area contributed by atoms with Gasteiger partial charge in [0.1, 0.15) is 29.5 Å². The standard InChI is InChI=1S/C35H52O8/c1-29(2)21-10-13-32(5)22(30(21,3)12-11-23(29)42-27-25(38)24(37)20(36)18-41-27)9-8-19-26-34(7,40)33(6)15-17-35(26,28(39)43-33)16-14-31(19,32)4/h8-9,20-25,27,36-38,40H,10-18H2,1-7H3/t20-,21-,22+,23-,24-,25+,27+,30-,31+,32+,33-,34-,35+/m0/s1. The van der Waals surface area contributed by atoms with E-state index in [1.807, 2.05) is 13.8 Å². The van der Waals surface area contributed by atoms with E-state index in [0.29, 0.717) is 18.3 Å². The molecule has 6 fully saturated rings. The summed E-state index contributed by atoms with van der Waals surface area (Å²) in [4.78, 5) is 13.5. The van der Waals surface area contributed by atoms with Gasteiger partial charge in [-0.05, 0) is 110 Å². The largest absolute Gasteiger partial charge is 0.455 e. The van der Waals surface area contributed by atoms with Gasteiger partial charge < -0.3 is 34.6 Å². The van der Waals surface area contributed by atoms with Gasteiger partial charge in [0.05, 0.1) is 18.1 Å². The summed E-state index contributed by atoms with van der Waals surface area (Å²) in [6.45, 7) is 15.6. The fraction of sp³-hybridized carbons (Fsp3) is 0.857. The molecule has 8 aliphatic rings. The van der Waals surface area contributed by atoms with Gasteiger partial charge in [0.2, 0.25) is 0 Å². The molecule has 43 heavy (non-hydrogen) atoms. The number of allylic oxidation sites excluding steroid dienone is 3. The van der Waals surface area contributed by atoms with E-state index in [1.165, 1.54) is 5.57 Å². The Morgan fingerprint density at radius 3 is 2.28 bits per heavy atom. The maximum Gasteiger partial charge on any atom is 0.317 e. The van der Waals surface area contributed by atoms with E-state index in [4.69, 9.17) is 14.2 Å². The fourth-order valence-electron chi connectivity index (χ4n) is 11.8. The Balaban J connectivity index is 1.25. The molecule has 2 bridgehead atoms. The van der Waals surface area contributed by atoms with Gasteiger partial charge >= 0.3 is 5.97 Å². The number of ether oxygens (including phenoxy) is 3. The van der Waals surface area contributed by atoms with Gasteiger partial charge in [-0.2, -0.15) is 0 Å². The molecule has 0 unspecified atom stereocenters. The molecule has 8 nitrogen and oxygen atoms in total. The number of hydrogen-bond donors (Lipinski definition) is 4. The van der Waals surface area contributed by atoms with Gasteiger partial charge in [-0.1, -0.05) is 46.8 Å². The molecule has 240 valence electrons. The Kier molecular flexibility index (Phi) is 6.32. The van der Waals surface area contributed by atoms with Crippen molar-refractivity contribution < 1.29 is 39.4 Å². The summed E-state index contributed by atoms with van der Waals surface area (Å²) in [6.07, 6.45) is 6.73. The molecule has 0 aromatic heterocycles. The lowest BCUT2D eigenvalue weighted by Crippen LogP contribution is -2.71. The lowest BCUT2D eigenvalue weighted by atomic mass is 9.35. The van der Waals surface area contributed by atoms with Crippen LogP contribution in [-0.4, -0.2) is 74.9 Å². The summed E-state index contributed by atoms with van der Waals surface area (Å²) < 4.78 is 18.1. The van der Waals surface area contributed by atoms with Crippen molar-refractivity contribution in [3.8, 4) is 0 Å². The van der Waals surface area contributed by atoms with Crippen LogP contribution in [0.2, 0.25) is 0 Å². The van der Waals surface area contributed by atoms with Crippen LogP contribution < -0.4 is 0 Å². The van der Waals surface area contributed by atoms with Gasteiger partial charge in [-0.3, -0.25) is 4.79 Å². The first-order valence-corrected chi connectivity index (χ1v) is 16.6. The zero-order valence-electron chi connectivity index (χ0n) is 27.0. The highest BCUT2D eigenvalue weighted by Crippen LogP contribution is 2.75. The van der Waals surface area contributed by atoms with Crippen molar-refractivity contribution in [1.82, 2.24) is 0 Å². The van der Waals surface area contributed by atoms with Gasteiger partial charge in [0, 0.05) is 0 Å². The molecule has 3 saturated heterocycles. The summed E-state index contributed by atoms with van der Waals surface area (Å²) in [7, 11) is 0. The summed E-state index contributed by atoms with van der Waals surface area (Å²) in [5, 5.41) is 42.9. The first kappa shape index (κ1) is 30.4. The monoisotopic (exact) mass is 600 g/mol. The van der Waals surface area contributed by atoms with Crippen LogP contribution in [0.3, 0.4) is 0 Å². The second-order valence-corrected chi connectivity index (χ2v) is 17.0. The third-order valence-electron chi connectivity index (χ3n) is 14.9. The molecule has 8 heteroatoms. The molecule has 0 aromatic carbocycles. The number of rotatable bonds is 2. The lowest BCUT2D eigenvalue weighted by molar-refractivity contribution is -0.306. The number of aliphatic hydroxyl groups is 4. The predicted molar refractivity (Wildman–Crippen MR) is 158 cm³/mol. The Morgan fingerprint density at radius 2 is 1.58 bits per heavy atom. The highest BCUT2D eigenvalue weighted by molar-refractivity contribution is 5.86. The minimum atomic E-state index is -1.29. The average molecular weight is 601 g/mol. The van der Waals surface area contributed by atoms with Gasteiger partial charge in [-0.25, -0.2) is 0 Å². The van der Waals surface area contributed by atoms with E-state index in [9.17, 15) is 25.2 Å². The minimum Gasteiger partial charge on any atom is -0.455 e. The van der Waals surface area contributed by atoms with Crippen LogP contribution in [-0.2, 0) is 19.0 Å². The molecule has 1 spiro atoms. The van der Waals surface area contributed by atoms with Crippen molar-refractivity contribution in [2.24, 2.45) is 38.9 Å². The maximum absolute atomic E-state index is 13.5. The quantitative estimate of drug-likeness (QED) is 0.275. The molecule has 0 amide bonds. The van der Waals surface area contributed by atoms with Crippen LogP contribution in [0.25, 0.3) is 0 Å². The van der Waals surface area contributed by atoms with Crippen molar-refractivity contribution in [1.29, 1.82) is 0 Å². The first-order valence-electron chi connectivity index (χ1n) is 16.6. The Labute approximate surface area is 255 Å². The smallest absolute Gasteiger partial charge is 0.317 e. The molecule has 0 aromatic rings. The van der Waals surface area contributed by atoms with Crippen molar-refractivity contribution in [3.05, 3.63) is 23.3 Å². The molecular formula is C35H52O8.